The van der Waals surface area contributed by atoms with Gasteiger partial charge in [0.15, 0.2) is 0 Å². The maximum atomic E-state index is 6.56. The molecule has 0 aliphatic heterocycles. The molecule has 0 amide bonds. The molecule has 21 heavy (non-hydrogen) atoms. The van der Waals surface area contributed by atoms with Crippen LogP contribution >= 0.6 is 23.2 Å². The van der Waals surface area contributed by atoms with Crippen LogP contribution in [0.1, 0.15) is 40.5 Å². The molecule has 0 spiro atoms. The van der Waals surface area contributed by atoms with E-state index in [1.807, 2.05) is 19.2 Å². The van der Waals surface area contributed by atoms with E-state index in [4.69, 9.17) is 23.2 Å². The van der Waals surface area contributed by atoms with Crippen LogP contribution in [-0.2, 0) is 0 Å². The van der Waals surface area contributed by atoms with E-state index in [9.17, 15) is 0 Å². The fourth-order valence-corrected chi connectivity index (χ4v) is 4.91. The smallest absolute Gasteiger partial charge is 0.0447 e. The van der Waals surface area contributed by atoms with Crippen molar-refractivity contribution < 1.29 is 0 Å². The number of fused-ring (bicyclic) bond motifs is 1. The third kappa shape index (κ3) is 1.88. The molecule has 1 nitrogen and oxygen atoms in total. The molecule has 0 radical (unpaired) electrons. The zero-order chi connectivity index (χ0) is 14.6. The van der Waals surface area contributed by atoms with Crippen LogP contribution < -0.4 is 5.32 Å². The Labute approximate surface area is 135 Å². The summed E-state index contributed by atoms with van der Waals surface area (Å²) in [6.45, 7) is 0.997. The summed E-state index contributed by atoms with van der Waals surface area (Å²) in [7, 11) is 2.02. The molecule has 5 rings (SSSR count). The van der Waals surface area contributed by atoms with Crippen LogP contribution in [0.4, 0.5) is 0 Å². The maximum absolute atomic E-state index is 6.56. The van der Waals surface area contributed by atoms with Gasteiger partial charge in [-0.3, -0.25) is 0 Å². The minimum atomic E-state index is 0.315. The van der Waals surface area contributed by atoms with Gasteiger partial charge in [0.1, 0.15) is 0 Å². The van der Waals surface area contributed by atoms with E-state index in [0.29, 0.717) is 17.8 Å². The van der Waals surface area contributed by atoms with Gasteiger partial charge < -0.3 is 5.32 Å². The lowest BCUT2D eigenvalue weighted by Crippen LogP contribution is -2.37. The van der Waals surface area contributed by atoms with E-state index in [2.05, 4.69) is 29.6 Å². The van der Waals surface area contributed by atoms with Crippen molar-refractivity contribution in [1.82, 2.24) is 5.32 Å². The van der Waals surface area contributed by atoms with Crippen molar-refractivity contribution in [2.75, 3.05) is 13.6 Å². The third-order valence-electron chi connectivity index (χ3n) is 5.02. The second-order valence-corrected chi connectivity index (χ2v) is 6.88. The van der Waals surface area contributed by atoms with E-state index < -0.39 is 0 Å². The topological polar surface area (TPSA) is 12.0 Å². The Bertz CT molecular complexity index is 657. The summed E-state index contributed by atoms with van der Waals surface area (Å²) in [5, 5.41) is 5.10. The molecule has 2 aromatic carbocycles. The van der Waals surface area contributed by atoms with Crippen molar-refractivity contribution in [3.8, 4) is 0 Å². The zero-order valence-electron chi connectivity index (χ0n) is 11.9. The molecule has 1 unspecified atom stereocenters. The van der Waals surface area contributed by atoms with Crippen LogP contribution in [0.3, 0.4) is 0 Å². The van der Waals surface area contributed by atoms with Gasteiger partial charge >= 0.3 is 0 Å². The van der Waals surface area contributed by atoms with Crippen LogP contribution in [0, 0.1) is 5.92 Å². The first-order valence-corrected chi connectivity index (χ1v) is 8.19. The first kappa shape index (κ1) is 13.6. The fraction of sp³-hybridized carbons (Fsp3) is 0.333. The van der Waals surface area contributed by atoms with Crippen molar-refractivity contribution in [1.29, 1.82) is 0 Å². The lowest BCUT2D eigenvalue weighted by atomic mass is 9.59. The molecule has 2 aromatic rings. The van der Waals surface area contributed by atoms with Crippen molar-refractivity contribution >= 4 is 23.2 Å². The van der Waals surface area contributed by atoms with Crippen LogP contribution in [0.2, 0.25) is 10.0 Å². The quantitative estimate of drug-likeness (QED) is 0.838. The van der Waals surface area contributed by atoms with Crippen LogP contribution in [0.15, 0.2) is 36.4 Å². The molecule has 2 bridgehead atoms. The predicted octanol–water partition coefficient (Wildman–Crippen LogP) is 4.81. The molecule has 3 heteroatoms. The maximum Gasteiger partial charge on any atom is 0.0447 e. The largest absolute Gasteiger partial charge is 0.319 e. The highest BCUT2D eigenvalue weighted by molar-refractivity contribution is 6.32. The van der Waals surface area contributed by atoms with Crippen molar-refractivity contribution in [2.45, 2.75) is 18.3 Å². The number of benzene rings is 2. The number of halogens is 2. The van der Waals surface area contributed by atoms with Gasteiger partial charge in [-0.15, -0.1) is 0 Å². The van der Waals surface area contributed by atoms with E-state index >= 15 is 0 Å². The van der Waals surface area contributed by atoms with E-state index in [-0.39, 0.29) is 0 Å². The Balaban J connectivity index is 1.99. The second kappa shape index (κ2) is 5.01. The first-order chi connectivity index (χ1) is 10.2. The SMILES string of the molecule is CNCC1CC2c3cccc(Cl)c3C1c1c(Cl)cccc12. The van der Waals surface area contributed by atoms with E-state index in [1.165, 1.54) is 28.7 Å². The van der Waals surface area contributed by atoms with Crippen molar-refractivity contribution in [3.05, 3.63) is 68.7 Å². The molecular formula is C18H17Cl2N. The third-order valence-corrected chi connectivity index (χ3v) is 5.68. The highest BCUT2D eigenvalue weighted by Gasteiger charge is 2.44. The highest BCUT2D eigenvalue weighted by atomic mass is 35.5. The van der Waals surface area contributed by atoms with Crippen LogP contribution in [0.25, 0.3) is 0 Å². The predicted molar refractivity (Wildman–Crippen MR) is 88.6 cm³/mol. The van der Waals surface area contributed by atoms with Crippen molar-refractivity contribution in [2.24, 2.45) is 5.92 Å². The lowest BCUT2D eigenvalue weighted by Gasteiger charge is -2.46. The van der Waals surface area contributed by atoms with Gasteiger partial charge in [-0.25, -0.2) is 0 Å². The summed E-state index contributed by atoms with van der Waals surface area (Å²) >= 11 is 13.1. The highest BCUT2D eigenvalue weighted by Crippen LogP contribution is 2.58. The molecule has 3 aliphatic carbocycles. The van der Waals surface area contributed by atoms with Gasteiger partial charge in [0.2, 0.25) is 0 Å². The Hall–Kier alpha value is -1.02. The number of hydrogen-bond donors (Lipinski definition) is 1. The van der Waals surface area contributed by atoms with Crippen LogP contribution in [0.5, 0.6) is 0 Å². The Morgan fingerprint density at radius 3 is 2.10 bits per heavy atom. The molecule has 0 saturated heterocycles. The van der Waals surface area contributed by atoms with Gasteiger partial charge in [0.25, 0.3) is 0 Å². The fourth-order valence-electron chi connectivity index (χ4n) is 4.31. The molecule has 0 saturated carbocycles. The summed E-state index contributed by atoms with van der Waals surface area (Å²) in [6.07, 6.45) is 1.17. The summed E-state index contributed by atoms with van der Waals surface area (Å²) in [5.74, 6) is 1.30. The average molecular weight is 318 g/mol. The Morgan fingerprint density at radius 1 is 1.00 bits per heavy atom. The molecule has 0 fully saturated rings. The van der Waals surface area contributed by atoms with Crippen LogP contribution in [-0.4, -0.2) is 13.6 Å². The molecule has 108 valence electrons. The summed E-state index contributed by atoms with van der Waals surface area (Å²) in [4.78, 5) is 0. The summed E-state index contributed by atoms with van der Waals surface area (Å²) in [5.41, 5.74) is 5.40. The van der Waals surface area contributed by atoms with Gasteiger partial charge in [-0.05, 0) is 60.3 Å². The zero-order valence-corrected chi connectivity index (χ0v) is 13.4. The van der Waals surface area contributed by atoms with Gasteiger partial charge in [0, 0.05) is 21.9 Å². The molecule has 0 aromatic heterocycles. The molecule has 1 N–H and O–H groups in total. The standard InChI is InChI=1S/C18H17Cl2N/c1-21-9-10-8-13-11-4-2-6-14(19)17(11)16(10)18-12(13)5-3-7-15(18)20/h2-7,10,13,16,21H,8-9H2,1H3. The molecule has 3 aliphatic rings. The second-order valence-electron chi connectivity index (χ2n) is 6.07. The van der Waals surface area contributed by atoms with Gasteiger partial charge in [-0.2, -0.15) is 0 Å². The Kier molecular flexibility index (Phi) is 3.25. The summed E-state index contributed by atoms with van der Waals surface area (Å²) < 4.78 is 0. The summed E-state index contributed by atoms with van der Waals surface area (Å²) in [6, 6.07) is 12.6. The van der Waals surface area contributed by atoms with E-state index in [1.54, 1.807) is 0 Å². The monoisotopic (exact) mass is 317 g/mol. The molecule has 0 heterocycles. The number of rotatable bonds is 2. The molecule has 1 atom stereocenters. The van der Waals surface area contributed by atoms with E-state index in [0.717, 1.165) is 16.6 Å². The normalized spacial score (nSPS) is 25.6. The molecular weight excluding hydrogens is 301 g/mol. The first-order valence-electron chi connectivity index (χ1n) is 7.43. The average Bonchev–Trinajstić information content (AvgIpc) is 2.48. The number of hydrogen-bond acceptors (Lipinski definition) is 1. The minimum absolute atomic E-state index is 0.315. The van der Waals surface area contributed by atoms with Gasteiger partial charge in [-0.1, -0.05) is 47.5 Å². The number of nitrogens with one attached hydrogen (secondary N) is 1. The lowest BCUT2D eigenvalue weighted by molar-refractivity contribution is 0.348. The minimum Gasteiger partial charge on any atom is -0.319 e. The van der Waals surface area contributed by atoms with Crippen molar-refractivity contribution in [3.63, 3.8) is 0 Å². The Morgan fingerprint density at radius 2 is 1.57 bits per heavy atom. The van der Waals surface area contributed by atoms with Gasteiger partial charge in [0.05, 0.1) is 0 Å².